The summed E-state index contributed by atoms with van der Waals surface area (Å²) in [6, 6.07) is 16.4. The molecule has 0 radical (unpaired) electrons. The third-order valence-electron chi connectivity index (χ3n) is 5.73. The first-order valence-electron chi connectivity index (χ1n) is 10.8. The Labute approximate surface area is 213 Å². The van der Waals surface area contributed by atoms with Gasteiger partial charge in [0.05, 0.1) is 29.2 Å². The number of nitrogens with zero attached hydrogens (tertiary/aromatic N) is 3. The Hall–Kier alpha value is -5.15. The molecule has 0 fully saturated rings. The minimum absolute atomic E-state index is 0.108. The van der Waals surface area contributed by atoms with Crippen LogP contribution in [0.2, 0.25) is 0 Å². The molecule has 11 nitrogen and oxygen atoms in total. The Morgan fingerprint density at radius 1 is 1.24 bits per heavy atom. The summed E-state index contributed by atoms with van der Waals surface area (Å²) in [6.07, 6.45) is 0. The number of nitro groups is 1. The molecule has 3 N–H and O–H groups in total. The number of nitriles is 1. The van der Waals surface area contributed by atoms with Crippen LogP contribution in [0.25, 0.3) is 11.3 Å². The lowest BCUT2D eigenvalue weighted by atomic mass is 9.83. The molecule has 0 amide bonds. The van der Waals surface area contributed by atoms with Crippen molar-refractivity contribution in [2.24, 2.45) is 5.73 Å². The highest BCUT2D eigenvalue weighted by Gasteiger charge is 2.36. The van der Waals surface area contributed by atoms with Gasteiger partial charge in [0.25, 0.3) is 5.69 Å². The van der Waals surface area contributed by atoms with Gasteiger partial charge < -0.3 is 19.9 Å². The fraction of sp³-hybridized carbons (Fsp3) is 0.0800. The summed E-state index contributed by atoms with van der Waals surface area (Å²) >= 11 is 1.25. The third kappa shape index (κ3) is 4.24. The number of rotatable bonds is 6. The molecule has 0 saturated carbocycles. The molecule has 1 atom stereocenters. The SMILES string of the molecule is COc1cc(C2C(C#N)=C(N)Oc3n[nH]c(-c4cccc([N+](=O)[O-])c4)c32)ccc1OC(=O)c1cccs1. The van der Waals surface area contributed by atoms with E-state index in [2.05, 4.69) is 16.3 Å². The number of thiophene rings is 1. The van der Waals surface area contributed by atoms with Crippen molar-refractivity contribution in [3.05, 3.63) is 97.6 Å². The molecule has 4 aromatic rings. The molecule has 12 heteroatoms. The van der Waals surface area contributed by atoms with E-state index >= 15 is 0 Å². The largest absolute Gasteiger partial charge is 0.493 e. The monoisotopic (exact) mass is 515 g/mol. The van der Waals surface area contributed by atoms with Crippen molar-refractivity contribution in [1.29, 1.82) is 5.26 Å². The van der Waals surface area contributed by atoms with E-state index in [1.54, 1.807) is 47.8 Å². The molecule has 0 aliphatic carbocycles. The number of nitro benzene ring substituents is 1. The quantitative estimate of drug-likeness (QED) is 0.163. The maximum absolute atomic E-state index is 12.5. The molecule has 5 rings (SSSR count). The summed E-state index contributed by atoms with van der Waals surface area (Å²) in [6.45, 7) is 0. The van der Waals surface area contributed by atoms with E-state index in [-0.39, 0.29) is 34.5 Å². The number of aromatic amines is 1. The Kier molecular flexibility index (Phi) is 6.04. The van der Waals surface area contributed by atoms with Gasteiger partial charge in [-0.05, 0) is 29.1 Å². The lowest BCUT2D eigenvalue weighted by molar-refractivity contribution is -0.384. The second kappa shape index (κ2) is 9.48. The molecule has 1 aliphatic heterocycles. The summed E-state index contributed by atoms with van der Waals surface area (Å²) in [5, 5.41) is 30.1. The fourth-order valence-corrected chi connectivity index (χ4v) is 4.67. The van der Waals surface area contributed by atoms with Gasteiger partial charge in [0.15, 0.2) is 11.5 Å². The second-order valence-electron chi connectivity index (χ2n) is 7.83. The Morgan fingerprint density at radius 2 is 2.08 bits per heavy atom. The van der Waals surface area contributed by atoms with Crippen LogP contribution in [0.4, 0.5) is 5.69 Å². The number of methoxy groups -OCH3 is 1. The lowest BCUT2D eigenvalue weighted by Crippen LogP contribution is -2.21. The molecule has 1 unspecified atom stereocenters. The zero-order valence-corrected chi connectivity index (χ0v) is 19.9. The molecule has 184 valence electrons. The van der Waals surface area contributed by atoms with Crippen molar-refractivity contribution in [2.75, 3.05) is 7.11 Å². The molecule has 37 heavy (non-hydrogen) atoms. The topological polar surface area (TPSA) is 166 Å². The van der Waals surface area contributed by atoms with E-state index in [4.69, 9.17) is 19.9 Å². The zero-order valence-electron chi connectivity index (χ0n) is 19.1. The predicted molar refractivity (Wildman–Crippen MR) is 132 cm³/mol. The summed E-state index contributed by atoms with van der Waals surface area (Å²) in [4.78, 5) is 23.7. The smallest absolute Gasteiger partial charge is 0.353 e. The minimum Gasteiger partial charge on any atom is -0.493 e. The fourth-order valence-electron chi connectivity index (χ4n) is 4.07. The molecule has 2 aromatic carbocycles. The minimum atomic E-state index is -0.752. The Balaban J connectivity index is 1.61. The van der Waals surface area contributed by atoms with Gasteiger partial charge in [-0.25, -0.2) is 4.79 Å². The average Bonchev–Trinajstić information content (AvgIpc) is 3.59. The van der Waals surface area contributed by atoms with Gasteiger partial charge in [-0.2, -0.15) is 5.26 Å². The number of fused-ring (bicyclic) bond motifs is 1. The van der Waals surface area contributed by atoms with Crippen molar-refractivity contribution < 1.29 is 23.9 Å². The molecule has 0 bridgehead atoms. The number of hydrogen-bond donors (Lipinski definition) is 2. The van der Waals surface area contributed by atoms with Crippen LogP contribution < -0.4 is 19.9 Å². The van der Waals surface area contributed by atoms with Gasteiger partial charge in [0.1, 0.15) is 16.5 Å². The van der Waals surface area contributed by atoms with Crippen LogP contribution >= 0.6 is 11.3 Å². The number of hydrogen-bond acceptors (Lipinski definition) is 10. The summed E-state index contributed by atoms with van der Waals surface area (Å²) in [5.41, 5.74) is 8.01. The van der Waals surface area contributed by atoms with Crippen molar-refractivity contribution in [1.82, 2.24) is 10.2 Å². The van der Waals surface area contributed by atoms with Crippen LogP contribution in [0, 0.1) is 21.4 Å². The first kappa shape index (κ1) is 23.6. The van der Waals surface area contributed by atoms with E-state index in [1.807, 2.05) is 0 Å². The number of nitrogens with one attached hydrogen (secondary N) is 1. The number of allylic oxidation sites excluding steroid dienone is 1. The van der Waals surface area contributed by atoms with Crippen molar-refractivity contribution in [3.63, 3.8) is 0 Å². The zero-order chi connectivity index (χ0) is 26.1. The van der Waals surface area contributed by atoms with Crippen LogP contribution in [-0.4, -0.2) is 28.2 Å². The summed E-state index contributed by atoms with van der Waals surface area (Å²) in [7, 11) is 1.43. The van der Waals surface area contributed by atoms with Crippen LogP contribution in [0.1, 0.15) is 26.7 Å². The van der Waals surface area contributed by atoms with Crippen LogP contribution in [-0.2, 0) is 0 Å². The first-order valence-corrected chi connectivity index (χ1v) is 11.6. The second-order valence-corrected chi connectivity index (χ2v) is 8.77. The lowest BCUT2D eigenvalue weighted by Gasteiger charge is -2.24. The Morgan fingerprint density at radius 3 is 2.78 bits per heavy atom. The number of H-pyrrole nitrogens is 1. The number of aromatic nitrogens is 2. The first-order chi connectivity index (χ1) is 17.9. The van der Waals surface area contributed by atoms with Gasteiger partial charge in [-0.1, -0.05) is 24.3 Å². The van der Waals surface area contributed by atoms with Crippen LogP contribution in [0.15, 0.2) is 71.4 Å². The van der Waals surface area contributed by atoms with Crippen molar-refractivity contribution in [3.8, 4) is 34.7 Å². The van der Waals surface area contributed by atoms with E-state index < -0.39 is 16.8 Å². The summed E-state index contributed by atoms with van der Waals surface area (Å²) in [5.74, 6) is -0.818. The number of nitrogens with two attached hydrogens (primary N) is 1. The highest BCUT2D eigenvalue weighted by molar-refractivity contribution is 7.12. The highest BCUT2D eigenvalue weighted by atomic mass is 32.1. The normalized spacial score (nSPS) is 14.3. The standard InChI is InChI=1S/C25H17N5O6S/c1-34-18-11-13(7-8-17(18)35-25(31)19-6-3-9-37-19)20-16(12-26)23(27)36-24-21(20)22(28-29-24)14-4-2-5-15(10-14)30(32)33/h2-11,20H,27H2,1H3,(H,28,29). The Bertz CT molecular complexity index is 1600. The third-order valence-corrected chi connectivity index (χ3v) is 6.58. The number of non-ortho nitro benzene ring substituents is 1. The average molecular weight is 516 g/mol. The molecule has 3 heterocycles. The molecule has 0 saturated heterocycles. The van der Waals surface area contributed by atoms with E-state index in [0.29, 0.717) is 27.3 Å². The van der Waals surface area contributed by atoms with Gasteiger partial charge in [-0.3, -0.25) is 15.2 Å². The number of esters is 1. The van der Waals surface area contributed by atoms with Crippen molar-refractivity contribution >= 4 is 23.0 Å². The van der Waals surface area contributed by atoms with Gasteiger partial charge in [0.2, 0.25) is 11.8 Å². The highest BCUT2D eigenvalue weighted by Crippen LogP contribution is 2.47. The maximum atomic E-state index is 12.5. The van der Waals surface area contributed by atoms with E-state index in [9.17, 15) is 20.2 Å². The number of ether oxygens (including phenoxy) is 3. The van der Waals surface area contributed by atoms with Gasteiger partial charge in [-0.15, -0.1) is 16.4 Å². The number of benzene rings is 2. The predicted octanol–water partition coefficient (Wildman–Crippen LogP) is 4.49. The molecule has 2 aromatic heterocycles. The van der Waals surface area contributed by atoms with Gasteiger partial charge in [0, 0.05) is 17.7 Å². The van der Waals surface area contributed by atoms with Crippen LogP contribution in [0.5, 0.6) is 17.4 Å². The maximum Gasteiger partial charge on any atom is 0.353 e. The molecular weight excluding hydrogens is 498 g/mol. The van der Waals surface area contributed by atoms with Crippen molar-refractivity contribution in [2.45, 2.75) is 5.92 Å². The molecule has 1 aliphatic rings. The van der Waals surface area contributed by atoms with Crippen LogP contribution in [0.3, 0.4) is 0 Å². The number of carbonyl (C=O) groups is 1. The van der Waals surface area contributed by atoms with E-state index in [1.165, 1.54) is 30.6 Å². The molecular formula is C25H17N5O6S. The van der Waals surface area contributed by atoms with E-state index in [0.717, 1.165) is 0 Å². The molecule has 0 spiro atoms. The van der Waals surface area contributed by atoms with Gasteiger partial charge >= 0.3 is 5.97 Å². The number of carbonyl (C=O) groups excluding carboxylic acids is 1. The summed E-state index contributed by atoms with van der Waals surface area (Å²) < 4.78 is 16.6.